The zero-order valence-corrected chi connectivity index (χ0v) is 11.2. The van der Waals surface area contributed by atoms with Gasteiger partial charge in [-0.15, -0.1) is 11.3 Å². The monoisotopic (exact) mass is 263 g/mol. The molecule has 3 N–H and O–H groups in total. The number of aromatic nitrogens is 1. The van der Waals surface area contributed by atoms with Crippen LogP contribution < -0.4 is 11.1 Å². The largest absolute Gasteiger partial charge is 0.397 e. The van der Waals surface area contributed by atoms with Gasteiger partial charge in [0.25, 0.3) is 0 Å². The maximum Gasteiger partial charge on any atom is 0.0907 e. The number of ether oxygens (including phenoxy) is 1. The second-order valence-electron chi connectivity index (χ2n) is 4.67. The third-order valence-corrected chi connectivity index (χ3v) is 4.18. The SMILES string of the molecule is Cc1nc2cc(NC3CCOCC3)c(N)cc2s1. The minimum atomic E-state index is 0.457. The van der Waals surface area contributed by atoms with E-state index in [4.69, 9.17) is 10.5 Å². The normalized spacial score (nSPS) is 17.2. The number of rotatable bonds is 2. The molecule has 2 aromatic rings. The Kier molecular flexibility index (Phi) is 3.09. The van der Waals surface area contributed by atoms with Gasteiger partial charge in [-0.25, -0.2) is 4.98 Å². The molecule has 2 heterocycles. The first kappa shape index (κ1) is 11.7. The Morgan fingerprint density at radius 3 is 2.94 bits per heavy atom. The number of nitrogen functional groups attached to an aromatic ring is 1. The number of nitrogens with one attached hydrogen (secondary N) is 1. The van der Waals surface area contributed by atoms with Crippen molar-refractivity contribution in [3.8, 4) is 0 Å². The Morgan fingerprint density at radius 2 is 2.17 bits per heavy atom. The molecular formula is C13H17N3OS. The van der Waals surface area contributed by atoms with Gasteiger partial charge in [-0.2, -0.15) is 0 Å². The second kappa shape index (κ2) is 4.74. The fourth-order valence-corrected chi connectivity index (χ4v) is 3.15. The highest BCUT2D eigenvalue weighted by Gasteiger charge is 2.15. The van der Waals surface area contributed by atoms with Crippen molar-refractivity contribution in [3.05, 3.63) is 17.1 Å². The van der Waals surface area contributed by atoms with Gasteiger partial charge in [-0.1, -0.05) is 0 Å². The Morgan fingerprint density at radius 1 is 1.39 bits per heavy atom. The van der Waals surface area contributed by atoms with Crippen LogP contribution in [0.15, 0.2) is 12.1 Å². The van der Waals surface area contributed by atoms with Crippen LogP contribution in [0.4, 0.5) is 11.4 Å². The Bertz CT molecular complexity index is 561. The first-order valence-electron chi connectivity index (χ1n) is 6.23. The molecule has 0 aliphatic carbocycles. The molecule has 0 atom stereocenters. The zero-order chi connectivity index (χ0) is 12.5. The standard InChI is InChI=1S/C13H17N3OS/c1-8-15-12-7-11(10(14)6-13(12)18-8)16-9-2-4-17-5-3-9/h6-7,9,16H,2-5,14H2,1H3. The minimum Gasteiger partial charge on any atom is -0.397 e. The van der Waals surface area contributed by atoms with Gasteiger partial charge in [0, 0.05) is 19.3 Å². The van der Waals surface area contributed by atoms with Crippen LogP contribution in [-0.4, -0.2) is 24.2 Å². The van der Waals surface area contributed by atoms with Crippen LogP contribution in [0.2, 0.25) is 0 Å². The molecule has 1 aliphatic heterocycles. The molecule has 0 spiro atoms. The van der Waals surface area contributed by atoms with Crippen LogP contribution in [0.5, 0.6) is 0 Å². The van der Waals surface area contributed by atoms with E-state index in [1.54, 1.807) is 11.3 Å². The molecule has 0 unspecified atom stereocenters. The van der Waals surface area contributed by atoms with Crippen LogP contribution in [0.3, 0.4) is 0 Å². The Balaban J connectivity index is 1.88. The number of nitrogens with two attached hydrogens (primary N) is 1. The number of hydrogen-bond donors (Lipinski definition) is 2. The van der Waals surface area contributed by atoms with Crippen LogP contribution in [0.25, 0.3) is 10.2 Å². The molecule has 96 valence electrons. The van der Waals surface area contributed by atoms with E-state index in [0.717, 1.165) is 52.7 Å². The van der Waals surface area contributed by atoms with Crippen molar-refractivity contribution in [2.45, 2.75) is 25.8 Å². The molecule has 1 saturated heterocycles. The number of aryl methyl sites for hydroxylation is 1. The summed E-state index contributed by atoms with van der Waals surface area (Å²) in [5.41, 5.74) is 8.93. The molecule has 3 rings (SSSR count). The quantitative estimate of drug-likeness (QED) is 0.818. The van der Waals surface area contributed by atoms with Gasteiger partial charge in [0.05, 0.1) is 26.6 Å². The van der Waals surface area contributed by atoms with Crippen LogP contribution in [0.1, 0.15) is 17.8 Å². The fraction of sp³-hybridized carbons (Fsp3) is 0.462. The van der Waals surface area contributed by atoms with Crippen molar-refractivity contribution in [1.82, 2.24) is 4.98 Å². The summed E-state index contributed by atoms with van der Waals surface area (Å²) in [6.07, 6.45) is 2.07. The Hall–Kier alpha value is -1.33. The summed E-state index contributed by atoms with van der Waals surface area (Å²) in [7, 11) is 0. The minimum absolute atomic E-state index is 0.457. The molecule has 0 radical (unpaired) electrons. The van der Waals surface area contributed by atoms with Gasteiger partial charge in [0.1, 0.15) is 0 Å². The zero-order valence-electron chi connectivity index (χ0n) is 10.4. The molecule has 0 amide bonds. The van der Waals surface area contributed by atoms with Crippen molar-refractivity contribution < 1.29 is 4.74 Å². The predicted molar refractivity (Wildman–Crippen MR) is 76.2 cm³/mol. The molecule has 1 aromatic heterocycles. The molecule has 5 heteroatoms. The number of hydrogen-bond acceptors (Lipinski definition) is 5. The summed E-state index contributed by atoms with van der Waals surface area (Å²) in [5.74, 6) is 0. The maximum atomic E-state index is 6.10. The lowest BCUT2D eigenvalue weighted by Crippen LogP contribution is -2.28. The molecule has 4 nitrogen and oxygen atoms in total. The molecule has 1 aliphatic rings. The van der Waals surface area contributed by atoms with E-state index in [2.05, 4.69) is 16.4 Å². The first-order valence-corrected chi connectivity index (χ1v) is 7.05. The summed E-state index contributed by atoms with van der Waals surface area (Å²) >= 11 is 1.68. The lowest BCUT2D eigenvalue weighted by Gasteiger charge is -2.24. The topological polar surface area (TPSA) is 60.2 Å². The highest BCUT2D eigenvalue weighted by molar-refractivity contribution is 7.18. The lowest BCUT2D eigenvalue weighted by atomic mass is 10.1. The van der Waals surface area contributed by atoms with E-state index < -0.39 is 0 Å². The fourth-order valence-electron chi connectivity index (χ4n) is 2.29. The van der Waals surface area contributed by atoms with Crippen LogP contribution in [-0.2, 0) is 4.74 Å². The van der Waals surface area contributed by atoms with E-state index in [0.29, 0.717) is 6.04 Å². The molecule has 1 fully saturated rings. The molecule has 0 saturated carbocycles. The van der Waals surface area contributed by atoms with Gasteiger partial charge in [0.2, 0.25) is 0 Å². The van der Waals surface area contributed by atoms with Gasteiger partial charge in [-0.05, 0) is 31.9 Å². The van der Waals surface area contributed by atoms with Crippen LogP contribution >= 0.6 is 11.3 Å². The Labute approximate surface area is 110 Å². The number of fused-ring (bicyclic) bond motifs is 1. The summed E-state index contributed by atoms with van der Waals surface area (Å²) < 4.78 is 6.51. The summed E-state index contributed by atoms with van der Waals surface area (Å²) in [5, 5.41) is 4.59. The van der Waals surface area contributed by atoms with Crippen LogP contribution in [0, 0.1) is 6.92 Å². The third kappa shape index (κ3) is 2.28. The molecular weight excluding hydrogens is 246 g/mol. The number of benzene rings is 1. The average molecular weight is 263 g/mol. The van der Waals surface area contributed by atoms with E-state index in [9.17, 15) is 0 Å². The first-order chi connectivity index (χ1) is 8.72. The van der Waals surface area contributed by atoms with Crippen molar-refractivity contribution in [1.29, 1.82) is 0 Å². The number of nitrogens with zero attached hydrogens (tertiary/aromatic N) is 1. The van der Waals surface area contributed by atoms with Crippen molar-refractivity contribution in [2.24, 2.45) is 0 Å². The smallest absolute Gasteiger partial charge is 0.0907 e. The van der Waals surface area contributed by atoms with Crippen molar-refractivity contribution >= 4 is 32.9 Å². The number of thiazole rings is 1. The van der Waals surface area contributed by atoms with Crippen molar-refractivity contribution in [3.63, 3.8) is 0 Å². The second-order valence-corrected chi connectivity index (χ2v) is 5.91. The van der Waals surface area contributed by atoms with E-state index in [-0.39, 0.29) is 0 Å². The summed E-state index contributed by atoms with van der Waals surface area (Å²) in [6, 6.07) is 4.53. The van der Waals surface area contributed by atoms with Gasteiger partial charge in [-0.3, -0.25) is 0 Å². The molecule has 0 bridgehead atoms. The van der Waals surface area contributed by atoms with Gasteiger partial charge < -0.3 is 15.8 Å². The summed E-state index contributed by atoms with van der Waals surface area (Å²) in [4.78, 5) is 4.51. The van der Waals surface area contributed by atoms with E-state index in [1.165, 1.54) is 0 Å². The van der Waals surface area contributed by atoms with E-state index >= 15 is 0 Å². The van der Waals surface area contributed by atoms with Crippen molar-refractivity contribution in [2.75, 3.05) is 24.3 Å². The predicted octanol–water partition coefficient (Wildman–Crippen LogP) is 2.78. The lowest BCUT2D eigenvalue weighted by molar-refractivity contribution is 0.0904. The highest BCUT2D eigenvalue weighted by atomic mass is 32.1. The van der Waals surface area contributed by atoms with Gasteiger partial charge in [0.15, 0.2) is 0 Å². The summed E-state index contributed by atoms with van der Waals surface area (Å²) in [6.45, 7) is 3.68. The average Bonchev–Trinajstić information content (AvgIpc) is 2.70. The number of anilines is 2. The van der Waals surface area contributed by atoms with E-state index in [1.807, 2.05) is 13.0 Å². The van der Waals surface area contributed by atoms with Gasteiger partial charge >= 0.3 is 0 Å². The maximum absolute atomic E-state index is 6.10. The third-order valence-electron chi connectivity index (χ3n) is 3.25. The molecule has 18 heavy (non-hydrogen) atoms. The molecule has 1 aromatic carbocycles. The highest BCUT2D eigenvalue weighted by Crippen LogP contribution is 2.30.